The van der Waals surface area contributed by atoms with Crippen molar-refractivity contribution >= 4 is 31.7 Å². The summed E-state index contributed by atoms with van der Waals surface area (Å²) >= 11 is 1.33. The van der Waals surface area contributed by atoms with Crippen LogP contribution in [0.2, 0.25) is 0 Å². The number of hydrogen-bond donors (Lipinski definition) is 1. The molecule has 0 aliphatic rings. The molecule has 11 heteroatoms. The van der Waals surface area contributed by atoms with E-state index in [9.17, 15) is 9.13 Å². The van der Waals surface area contributed by atoms with Gasteiger partial charge in [0.2, 0.25) is 5.52 Å². The SMILES string of the molecule is CCOP(=O)(OCC)C(Nc1ncc(C)s1)P(=O)(OCC)OCC. The van der Waals surface area contributed by atoms with Gasteiger partial charge in [0.1, 0.15) is 0 Å². The highest BCUT2D eigenvalue weighted by molar-refractivity contribution is 7.73. The molecule has 0 atom stereocenters. The fraction of sp³-hybridized carbons (Fsp3) is 0.769. The summed E-state index contributed by atoms with van der Waals surface area (Å²) in [6, 6.07) is 0. The van der Waals surface area contributed by atoms with Crippen molar-refractivity contribution < 1.29 is 27.2 Å². The van der Waals surface area contributed by atoms with Gasteiger partial charge in [-0.2, -0.15) is 0 Å². The maximum absolute atomic E-state index is 13.3. The first-order valence-corrected chi connectivity index (χ1v) is 11.9. The summed E-state index contributed by atoms with van der Waals surface area (Å²) in [5.41, 5.74) is -1.30. The predicted octanol–water partition coefficient (Wildman–Crippen LogP) is 4.68. The molecule has 0 amide bonds. The van der Waals surface area contributed by atoms with E-state index in [4.69, 9.17) is 18.1 Å². The van der Waals surface area contributed by atoms with E-state index in [0.717, 1.165) is 4.88 Å². The Morgan fingerprint density at radius 1 is 1.00 bits per heavy atom. The lowest BCUT2D eigenvalue weighted by molar-refractivity contribution is 0.198. The molecule has 0 unspecified atom stereocenters. The summed E-state index contributed by atoms with van der Waals surface area (Å²) in [5.74, 6) is 0. The van der Waals surface area contributed by atoms with Crippen LogP contribution in [-0.4, -0.2) is 36.9 Å². The molecule has 0 spiro atoms. The van der Waals surface area contributed by atoms with Gasteiger partial charge in [0.25, 0.3) is 0 Å². The van der Waals surface area contributed by atoms with Crippen molar-refractivity contribution in [2.45, 2.75) is 40.1 Å². The van der Waals surface area contributed by atoms with Crippen molar-refractivity contribution in [1.82, 2.24) is 4.98 Å². The number of aryl methyl sites for hydroxylation is 1. The predicted molar refractivity (Wildman–Crippen MR) is 96.0 cm³/mol. The Bertz CT molecular complexity index is 547. The normalized spacial score (nSPS) is 12.8. The number of rotatable bonds is 12. The van der Waals surface area contributed by atoms with Crippen molar-refractivity contribution in [2.75, 3.05) is 31.7 Å². The minimum Gasteiger partial charge on any atom is -0.338 e. The van der Waals surface area contributed by atoms with Crippen LogP contribution in [0.3, 0.4) is 0 Å². The van der Waals surface area contributed by atoms with Gasteiger partial charge in [-0.1, -0.05) is 0 Å². The zero-order valence-electron chi connectivity index (χ0n) is 14.7. The van der Waals surface area contributed by atoms with Crippen LogP contribution < -0.4 is 5.32 Å². The molecule has 8 nitrogen and oxygen atoms in total. The van der Waals surface area contributed by atoms with Crippen LogP contribution in [0.25, 0.3) is 0 Å². The van der Waals surface area contributed by atoms with E-state index in [1.54, 1.807) is 33.9 Å². The number of nitrogens with one attached hydrogen (secondary N) is 1. The van der Waals surface area contributed by atoms with Crippen LogP contribution in [0.15, 0.2) is 6.20 Å². The Morgan fingerprint density at radius 2 is 1.42 bits per heavy atom. The zero-order valence-corrected chi connectivity index (χ0v) is 17.3. The van der Waals surface area contributed by atoms with Gasteiger partial charge in [0, 0.05) is 11.1 Å². The molecule has 1 aromatic heterocycles. The van der Waals surface area contributed by atoms with Gasteiger partial charge in [0.15, 0.2) is 5.13 Å². The number of aromatic nitrogens is 1. The monoisotopic (exact) mass is 400 g/mol. The summed E-state index contributed by atoms with van der Waals surface area (Å²) in [5, 5.41) is 3.34. The smallest absolute Gasteiger partial charge is 0.338 e. The molecular formula is C13H26N2O6P2S. The molecule has 0 fully saturated rings. The molecule has 0 aromatic carbocycles. The average molecular weight is 400 g/mol. The Hall–Kier alpha value is -0.270. The van der Waals surface area contributed by atoms with E-state index < -0.39 is 20.7 Å². The molecule has 0 radical (unpaired) electrons. The van der Waals surface area contributed by atoms with Crippen LogP contribution in [0.4, 0.5) is 5.13 Å². The molecule has 0 saturated carbocycles. The minimum atomic E-state index is -3.82. The molecule has 0 saturated heterocycles. The average Bonchev–Trinajstić information content (AvgIpc) is 2.91. The van der Waals surface area contributed by atoms with Crippen molar-refractivity contribution in [2.24, 2.45) is 0 Å². The Balaban J connectivity index is 3.31. The molecule has 140 valence electrons. The maximum atomic E-state index is 13.3. The molecule has 1 rings (SSSR count). The maximum Gasteiger partial charge on any atom is 0.365 e. The van der Waals surface area contributed by atoms with E-state index in [1.165, 1.54) is 11.3 Å². The summed E-state index contributed by atoms with van der Waals surface area (Å²) in [4.78, 5) is 5.11. The van der Waals surface area contributed by atoms with E-state index in [0.29, 0.717) is 5.13 Å². The second kappa shape index (κ2) is 10.0. The molecule has 24 heavy (non-hydrogen) atoms. The van der Waals surface area contributed by atoms with Gasteiger partial charge in [-0.25, -0.2) is 4.98 Å². The fourth-order valence-electron chi connectivity index (χ4n) is 1.94. The van der Waals surface area contributed by atoms with Gasteiger partial charge in [0.05, 0.1) is 26.4 Å². The molecule has 0 aliphatic heterocycles. The number of hydrogen-bond acceptors (Lipinski definition) is 9. The van der Waals surface area contributed by atoms with Crippen LogP contribution in [0.5, 0.6) is 0 Å². The van der Waals surface area contributed by atoms with Gasteiger partial charge >= 0.3 is 15.2 Å². The Labute approximate surface area is 147 Å². The highest BCUT2D eigenvalue weighted by atomic mass is 32.1. The third-order valence-corrected chi connectivity index (χ3v) is 9.18. The minimum absolute atomic E-state index is 0.130. The standard InChI is InChI=1S/C13H26N2O6P2S/c1-6-18-22(16,19-7-2)13(15-12-14-10-11(5)24-12)23(17,20-8-3)21-9-4/h10,13H,6-9H2,1-5H3,(H,14,15). The van der Waals surface area contributed by atoms with Crippen LogP contribution >= 0.6 is 26.5 Å². The third-order valence-electron chi connectivity index (χ3n) is 2.71. The van der Waals surface area contributed by atoms with E-state index >= 15 is 0 Å². The molecule has 1 N–H and O–H groups in total. The molecule has 0 bridgehead atoms. The molecule has 1 heterocycles. The van der Waals surface area contributed by atoms with Crippen molar-refractivity contribution in [3.63, 3.8) is 0 Å². The zero-order chi connectivity index (χ0) is 18.2. The number of thiazole rings is 1. The summed E-state index contributed by atoms with van der Waals surface area (Å²) in [7, 11) is -7.65. The Morgan fingerprint density at radius 3 is 1.71 bits per heavy atom. The molecular weight excluding hydrogens is 374 g/mol. The van der Waals surface area contributed by atoms with Gasteiger partial charge < -0.3 is 23.4 Å². The molecule has 0 aliphatic carbocycles. The number of nitrogens with zero attached hydrogens (tertiary/aromatic N) is 1. The fourth-order valence-corrected chi connectivity index (χ4v) is 7.71. The molecule has 1 aromatic rings. The van der Waals surface area contributed by atoms with Crippen LogP contribution in [0.1, 0.15) is 32.6 Å². The van der Waals surface area contributed by atoms with Gasteiger partial charge in [-0.15, -0.1) is 11.3 Å². The largest absolute Gasteiger partial charge is 0.365 e. The van der Waals surface area contributed by atoms with Crippen molar-refractivity contribution in [3.8, 4) is 0 Å². The van der Waals surface area contributed by atoms with Crippen molar-refractivity contribution in [3.05, 3.63) is 11.1 Å². The van der Waals surface area contributed by atoms with E-state index in [1.807, 2.05) is 6.92 Å². The lowest BCUT2D eigenvalue weighted by Gasteiger charge is -2.31. The lowest BCUT2D eigenvalue weighted by atomic mass is 10.7. The first-order chi connectivity index (χ1) is 11.3. The van der Waals surface area contributed by atoms with Gasteiger partial charge in [-0.3, -0.25) is 9.13 Å². The van der Waals surface area contributed by atoms with Crippen LogP contribution in [-0.2, 0) is 27.2 Å². The highest BCUT2D eigenvalue weighted by Crippen LogP contribution is 2.70. The second-order valence-electron chi connectivity index (χ2n) is 4.54. The second-order valence-corrected chi connectivity index (χ2v) is 10.4. The summed E-state index contributed by atoms with van der Waals surface area (Å²) in [6.07, 6.45) is 1.66. The summed E-state index contributed by atoms with van der Waals surface area (Å²) < 4.78 is 48.0. The lowest BCUT2D eigenvalue weighted by Crippen LogP contribution is -2.25. The van der Waals surface area contributed by atoms with Crippen molar-refractivity contribution in [1.29, 1.82) is 0 Å². The quantitative estimate of drug-likeness (QED) is 0.505. The van der Waals surface area contributed by atoms with E-state index in [-0.39, 0.29) is 26.4 Å². The first-order valence-electron chi connectivity index (χ1n) is 7.81. The topological polar surface area (TPSA) is 96.0 Å². The Kier molecular flexibility index (Phi) is 9.09. The first kappa shape index (κ1) is 21.8. The summed E-state index contributed by atoms with van der Waals surface area (Å²) in [6.45, 7) is 9.13. The van der Waals surface area contributed by atoms with E-state index in [2.05, 4.69) is 10.3 Å². The third kappa shape index (κ3) is 5.63. The van der Waals surface area contributed by atoms with Gasteiger partial charge in [-0.05, 0) is 34.6 Å². The van der Waals surface area contributed by atoms with Crippen LogP contribution in [0, 0.1) is 6.92 Å². The highest BCUT2D eigenvalue weighted by Gasteiger charge is 2.51. The number of anilines is 1.